The van der Waals surface area contributed by atoms with E-state index in [1.807, 2.05) is 0 Å². The smallest absolute Gasteiger partial charge is 0.335 e. The Bertz CT molecular complexity index is 1440. The Labute approximate surface area is 207 Å². The first-order valence-electron chi connectivity index (χ1n) is 10.5. The summed E-state index contributed by atoms with van der Waals surface area (Å²) in [7, 11) is 0. The number of carbonyl (C=O) groups is 2. The lowest BCUT2D eigenvalue weighted by Gasteiger charge is -2.27. The maximum Gasteiger partial charge on any atom is 0.335 e. The van der Waals surface area contributed by atoms with Crippen molar-refractivity contribution >= 4 is 40.2 Å². The van der Waals surface area contributed by atoms with Crippen LogP contribution in [0.15, 0.2) is 91.0 Å². The van der Waals surface area contributed by atoms with Gasteiger partial charge in [0.1, 0.15) is 11.6 Å². The molecule has 0 radical (unpaired) electrons. The molecule has 0 saturated carbocycles. The van der Waals surface area contributed by atoms with Crippen LogP contribution in [0.2, 0.25) is 0 Å². The van der Waals surface area contributed by atoms with Gasteiger partial charge in [-0.1, -0.05) is 24.3 Å². The molecule has 0 heterocycles. The quantitative estimate of drug-likeness (QED) is 0.237. The third-order valence-corrected chi connectivity index (χ3v) is 5.98. The Kier molecular flexibility index (Phi) is 7.09. The summed E-state index contributed by atoms with van der Waals surface area (Å²) in [5.41, 5.74) is 2.23. The second-order valence-electron chi connectivity index (χ2n) is 7.61. The van der Waals surface area contributed by atoms with Gasteiger partial charge in [-0.25, -0.2) is 9.18 Å². The number of carbonyl (C=O) groups excluding carboxylic acids is 1. The van der Waals surface area contributed by atoms with Crippen molar-refractivity contribution in [3.63, 3.8) is 0 Å². The molecular formula is C26H18FN2O6S-. The number of hydrogen-bond acceptors (Lipinski definition) is 5. The van der Waals surface area contributed by atoms with Gasteiger partial charge in [0.2, 0.25) is 0 Å². The number of nitrogens with one attached hydrogen (secondary N) is 1. The molecule has 0 aromatic heterocycles. The second-order valence-corrected chi connectivity index (χ2v) is 8.40. The van der Waals surface area contributed by atoms with Gasteiger partial charge in [-0.05, 0) is 77.9 Å². The lowest BCUT2D eigenvalue weighted by molar-refractivity contribution is 0.0696. The van der Waals surface area contributed by atoms with E-state index in [1.165, 1.54) is 42.5 Å². The van der Waals surface area contributed by atoms with E-state index in [9.17, 15) is 27.8 Å². The molecule has 10 heteroatoms. The van der Waals surface area contributed by atoms with Crippen molar-refractivity contribution in [3.8, 4) is 16.9 Å². The summed E-state index contributed by atoms with van der Waals surface area (Å²) in [5, 5.41) is 21.9. The number of aromatic hydroxyl groups is 1. The fraction of sp³-hybridized carbons (Fsp3) is 0. The van der Waals surface area contributed by atoms with Gasteiger partial charge in [0.15, 0.2) is 0 Å². The van der Waals surface area contributed by atoms with Gasteiger partial charge in [0, 0.05) is 11.3 Å². The Morgan fingerprint density at radius 3 is 1.92 bits per heavy atom. The van der Waals surface area contributed by atoms with E-state index in [0.29, 0.717) is 5.56 Å². The van der Waals surface area contributed by atoms with Crippen LogP contribution in [-0.2, 0) is 11.3 Å². The van der Waals surface area contributed by atoms with Gasteiger partial charge >= 0.3 is 5.97 Å². The minimum absolute atomic E-state index is 0.0930. The largest absolute Gasteiger partial charge is 0.755 e. The molecular weight excluding hydrogens is 487 g/mol. The number of rotatable bonds is 7. The average Bonchev–Trinajstić information content (AvgIpc) is 2.87. The number of benzene rings is 4. The second kappa shape index (κ2) is 10.4. The molecule has 1 amide bonds. The predicted octanol–water partition coefficient (Wildman–Crippen LogP) is 5.08. The SMILES string of the molecule is O=C(O)c1ccc(-c2ccc(C(=O)Nc3ccc(O)c(N(c4ccc(F)cc4)S(=O)[O-])c3)cc2)cc1. The van der Waals surface area contributed by atoms with Crippen molar-refractivity contribution in [2.45, 2.75) is 0 Å². The number of phenols is 1. The first kappa shape index (κ1) is 24.6. The van der Waals surface area contributed by atoms with E-state index in [4.69, 9.17) is 5.11 Å². The number of hydrogen-bond donors (Lipinski definition) is 3. The van der Waals surface area contributed by atoms with Crippen LogP contribution in [0.5, 0.6) is 5.75 Å². The van der Waals surface area contributed by atoms with Crippen molar-refractivity contribution in [1.29, 1.82) is 0 Å². The zero-order valence-corrected chi connectivity index (χ0v) is 19.2. The minimum Gasteiger partial charge on any atom is -0.755 e. The monoisotopic (exact) mass is 505 g/mol. The number of nitrogens with zero attached hydrogens (tertiary/aromatic N) is 1. The molecule has 3 N–H and O–H groups in total. The topological polar surface area (TPSA) is 130 Å². The number of amides is 1. The molecule has 0 spiro atoms. The van der Waals surface area contributed by atoms with Crippen molar-refractivity contribution in [3.05, 3.63) is 108 Å². The van der Waals surface area contributed by atoms with Crippen LogP contribution in [0, 0.1) is 5.82 Å². The van der Waals surface area contributed by atoms with E-state index >= 15 is 0 Å². The van der Waals surface area contributed by atoms with Crippen molar-refractivity contribution in [2.24, 2.45) is 0 Å². The van der Waals surface area contributed by atoms with Crippen molar-refractivity contribution in [2.75, 3.05) is 9.62 Å². The van der Waals surface area contributed by atoms with Gasteiger partial charge in [-0.3, -0.25) is 13.3 Å². The fourth-order valence-electron chi connectivity index (χ4n) is 3.47. The molecule has 0 fully saturated rings. The van der Waals surface area contributed by atoms with Crippen molar-refractivity contribution < 1.29 is 33.0 Å². The molecule has 1 unspecified atom stereocenters. The predicted molar refractivity (Wildman–Crippen MR) is 132 cm³/mol. The summed E-state index contributed by atoms with van der Waals surface area (Å²) >= 11 is -2.85. The van der Waals surface area contributed by atoms with Gasteiger partial charge in [0.25, 0.3) is 5.91 Å². The average molecular weight is 506 g/mol. The van der Waals surface area contributed by atoms with Gasteiger partial charge < -0.3 is 20.1 Å². The van der Waals surface area contributed by atoms with E-state index in [1.54, 1.807) is 36.4 Å². The normalized spacial score (nSPS) is 11.5. The maximum atomic E-state index is 13.3. The van der Waals surface area contributed by atoms with Crippen molar-refractivity contribution in [1.82, 2.24) is 0 Å². The standard InChI is InChI=1S/C26H19FN2O6S/c27-20-9-12-22(13-10-20)29(36(34)35)23-15-21(11-14-24(23)30)28-25(31)18-5-1-16(2-6-18)17-3-7-19(8-4-17)26(32)33/h1-15,30H,(H,28,31)(H,32,33)(H,34,35)/p-1. The van der Waals surface area contributed by atoms with E-state index in [2.05, 4.69) is 5.32 Å². The highest BCUT2D eigenvalue weighted by molar-refractivity contribution is 7.81. The Hall–Kier alpha value is -4.54. The van der Waals surface area contributed by atoms with Crippen LogP contribution >= 0.6 is 0 Å². The molecule has 0 bridgehead atoms. The van der Waals surface area contributed by atoms with Crippen LogP contribution in [0.25, 0.3) is 11.1 Å². The molecule has 0 saturated heterocycles. The van der Waals surface area contributed by atoms with Crippen LogP contribution in [-0.4, -0.2) is 30.9 Å². The van der Waals surface area contributed by atoms with Crippen LogP contribution in [0.1, 0.15) is 20.7 Å². The molecule has 8 nitrogen and oxygen atoms in total. The van der Waals surface area contributed by atoms with Crippen LogP contribution in [0.4, 0.5) is 21.5 Å². The highest BCUT2D eigenvalue weighted by Gasteiger charge is 2.17. The highest BCUT2D eigenvalue weighted by atomic mass is 32.2. The lowest BCUT2D eigenvalue weighted by atomic mass is 10.0. The number of anilines is 3. The van der Waals surface area contributed by atoms with Gasteiger partial charge in [0.05, 0.1) is 28.2 Å². The molecule has 1 atom stereocenters. The minimum atomic E-state index is -2.85. The van der Waals surface area contributed by atoms with Crippen LogP contribution in [0.3, 0.4) is 0 Å². The molecule has 0 aliphatic heterocycles. The molecule has 4 rings (SSSR count). The number of aromatic carboxylic acids is 1. The summed E-state index contributed by atoms with van der Waals surface area (Å²) in [6.45, 7) is 0. The first-order valence-corrected chi connectivity index (χ1v) is 11.5. The lowest BCUT2D eigenvalue weighted by Crippen LogP contribution is -2.20. The van der Waals surface area contributed by atoms with Gasteiger partial charge in [-0.15, -0.1) is 0 Å². The third-order valence-electron chi connectivity index (χ3n) is 5.27. The molecule has 4 aromatic carbocycles. The third kappa shape index (κ3) is 5.40. The number of carboxylic acid groups (broad SMARTS) is 1. The summed E-state index contributed by atoms with van der Waals surface area (Å²) < 4.78 is 37.8. The van der Waals surface area contributed by atoms with E-state index in [0.717, 1.165) is 27.6 Å². The fourth-order valence-corrected chi connectivity index (χ4v) is 4.07. The summed E-state index contributed by atoms with van der Waals surface area (Å²) in [6.07, 6.45) is 0. The highest BCUT2D eigenvalue weighted by Crippen LogP contribution is 2.36. The maximum absolute atomic E-state index is 13.3. The zero-order valence-electron chi connectivity index (χ0n) is 18.4. The van der Waals surface area contributed by atoms with Crippen LogP contribution < -0.4 is 9.62 Å². The number of phenolic OH excluding ortho intramolecular Hbond substituents is 1. The molecule has 36 heavy (non-hydrogen) atoms. The number of halogens is 1. The molecule has 182 valence electrons. The summed E-state index contributed by atoms with van der Waals surface area (Å²) in [5.74, 6) is -2.41. The Morgan fingerprint density at radius 1 is 0.833 bits per heavy atom. The Balaban J connectivity index is 1.54. The van der Waals surface area contributed by atoms with E-state index < -0.39 is 29.0 Å². The van der Waals surface area contributed by atoms with Gasteiger partial charge in [-0.2, -0.15) is 0 Å². The summed E-state index contributed by atoms with van der Waals surface area (Å²) in [6, 6.07) is 21.5. The molecule has 0 aliphatic carbocycles. The molecule has 4 aromatic rings. The first-order chi connectivity index (χ1) is 17.2. The zero-order chi connectivity index (χ0) is 25.8. The van der Waals surface area contributed by atoms with E-state index in [-0.39, 0.29) is 28.4 Å². The summed E-state index contributed by atoms with van der Waals surface area (Å²) in [4.78, 5) is 23.8. The number of carboxylic acids is 1. The molecule has 0 aliphatic rings. The Morgan fingerprint density at radius 2 is 1.39 bits per heavy atom.